The van der Waals surface area contributed by atoms with Crippen LogP contribution in [0.15, 0.2) is 249 Å². The minimum atomic E-state index is 0.237. The molecule has 0 N–H and O–H groups in total. The first kappa shape index (κ1) is 43.2. The molecular formula is C70H52N2. The zero-order valence-corrected chi connectivity index (χ0v) is 40.3. The van der Waals surface area contributed by atoms with Gasteiger partial charge in [-0.2, -0.15) is 0 Å². The number of fused-ring (bicyclic) bond motifs is 3. The van der Waals surface area contributed by atoms with Crippen molar-refractivity contribution in [2.75, 3.05) is 0 Å². The summed E-state index contributed by atoms with van der Waals surface area (Å²) in [5, 5.41) is 2.51. The Morgan fingerprint density at radius 1 is 0.431 bits per heavy atom. The highest BCUT2D eigenvalue weighted by molar-refractivity contribution is 6.13. The van der Waals surface area contributed by atoms with Gasteiger partial charge in [0.2, 0.25) is 0 Å². The number of allylic oxidation sites excluding steroid dienone is 5. The number of benzene rings is 10. The molecule has 1 unspecified atom stereocenters. The lowest BCUT2D eigenvalue weighted by molar-refractivity contribution is 0.739. The summed E-state index contributed by atoms with van der Waals surface area (Å²) in [6.07, 6.45) is 12.1. The van der Waals surface area contributed by atoms with Crippen molar-refractivity contribution in [2.45, 2.75) is 26.2 Å². The van der Waals surface area contributed by atoms with E-state index in [9.17, 15) is 0 Å². The minimum absolute atomic E-state index is 0.237. The Labute approximate surface area is 422 Å². The van der Waals surface area contributed by atoms with Gasteiger partial charge in [0.15, 0.2) is 0 Å². The quantitative estimate of drug-likeness (QED) is 0.141. The molecule has 2 nitrogen and oxygen atoms in total. The van der Waals surface area contributed by atoms with Gasteiger partial charge < -0.3 is 0 Å². The molecule has 10 aromatic carbocycles. The van der Waals surface area contributed by atoms with Crippen LogP contribution in [-0.4, -0.2) is 9.55 Å². The number of aromatic nitrogens is 2. The predicted molar refractivity (Wildman–Crippen MR) is 305 cm³/mol. The fourth-order valence-electron chi connectivity index (χ4n) is 11.4. The van der Waals surface area contributed by atoms with Crippen LogP contribution in [0.2, 0.25) is 0 Å². The van der Waals surface area contributed by atoms with E-state index in [4.69, 9.17) is 4.98 Å². The molecule has 13 rings (SSSR count). The van der Waals surface area contributed by atoms with Gasteiger partial charge in [0.05, 0.1) is 11.0 Å². The fraction of sp³-hybridized carbons (Fsp3) is 0.0714. The SMILES string of the molecule is CC1Cc2c(c(-c3cc(-c4ccccc4)cc(-c4ccccc4)c3)c3ccccc3c2-c2cc(-c3ccccc3)cc(-c3ccccc3)c2)C=C1c1ccc(-c2nc3ccccc3n2C2=CC=CCC2)cc1. The van der Waals surface area contributed by atoms with Gasteiger partial charge in [0.25, 0.3) is 0 Å². The third-order valence-electron chi connectivity index (χ3n) is 14.9. The maximum Gasteiger partial charge on any atom is 0.145 e. The number of nitrogens with zero attached hydrogens (tertiary/aromatic N) is 2. The van der Waals surface area contributed by atoms with E-state index in [1.54, 1.807) is 0 Å². The largest absolute Gasteiger partial charge is 0.296 e. The van der Waals surface area contributed by atoms with Gasteiger partial charge in [0.1, 0.15) is 5.82 Å². The molecular weight excluding hydrogens is 869 g/mol. The van der Waals surface area contributed by atoms with Crippen molar-refractivity contribution in [2.24, 2.45) is 5.92 Å². The lowest BCUT2D eigenvalue weighted by Crippen LogP contribution is -2.12. The van der Waals surface area contributed by atoms with Crippen LogP contribution >= 0.6 is 0 Å². The molecule has 11 aromatic rings. The Morgan fingerprint density at radius 3 is 1.42 bits per heavy atom. The van der Waals surface area contributed by atoms with Crippen LogP contribution in [0.4, 0.5) is 0 Å². The van der Waals surface area contributed by atoms with Crippen molar-refractivity contribution in [3.63, 3.8) is 0 Å². The second kappa shape index (κ2) is 18.5. The highest BCUT2D eigenvalue weighted by Gasteiger charge is 2.29. The molecule has 0 fully saturated rings. The average Bonchev–Trinajstić information content (AvgIpc) is 3.85. The molecule has 2 aliphatic rings. The van der Waals surface area contributed by atoms with Crippen molar-refractivity contribution < 1.29 is 0 Å². The van der Waals surface area contributed by atoms with Gasteiger partial charge in [-0.05, 0) is 186 Å². The maximum absolute atomic E-state index is 5.25. The van der Waals surface area contributed by atoms with Gasteiger partial charge in [-0.3, -0.25) is 4.57 Å². The third-order valence-corrected chi connectivity index (χ3v) is 14.9. The van der Waals surface area contributed by atoms with Crippen LogP contribution in [0.5, 0.6) is 0 Å². The van der Waals surface area contributed by atoms with E-state index in [0.29, 0.717) is 0 Å². The summed E-state index contributed by atoms with van der Waals surface area (Å²) in [5.41, 5.74) is 24.5. The zero-order chi connectivity index (χ0) is 48.0. The van der Waals surface area contributed by atoms with Crippen LogP contribution in [0, 0.1) is 5.92 Å². The van der Waals surface area contributed by atoms with Crippen LogP contribution in [0.3, 0.4) is 0 Å². The molecule has 342 valence electrons. The first-order valence-corrected chi connectivity index (χ1v) is 25.4. The monoisotopic (exact) mass is 920 g/mol. The van der Waals surface area contributed by atoms with Crippen molar-refractivity contribution in [3.8, 4) is 78.1 Å². The maximum atomic E-state index is 5.25. The third kappa shape index (κ3) is 7.92. The summed E-state index contributed by atoms with van der Waals surface area (Å²) in [7, 11) is 0. The summed E-state index contributed by atoms with van der Waals surface area (Å²) >= 11 is 0. The van der Waals surface area contributed by atoms with E-state index < -0.39 is 0 Å². The smallest absolute Gasteiger partial charge is 0.145 e. The molecule has 72 heavy (non-hydrogen) atoms. The topological polar surface area (TPSA) is 17.8 Å². The van der Waals surface area contributed by atoms with Crippen LogP contribution in [0.25, 0.3) is 117 Å². The summed E-state index contributed by atoms with van der Waals surface area (Å²) < 4.78 is 2.37. The normalized spacial score (nSPS) is 14.3. The molecule has 0 aliphatic heterocycles. The molecule has 0 spiro atoms. The fourth-order valence-corrected chi connectivity index (χ4v) is 11.4. The standard InChI is InChI=1S/C70H52N2/c1-47-39-64-65(46-63(47)52-35-37-53(38-36-52)70-71-66-33-19-20-34-67(66)72(70)60-29-15-6-16-30-60)69(59-44-56(50-25-11-4-12-26-50)41-57(45-59)51-27-13-5-14-28-51)62-32-18-17-31-61(62)68(64)58-42-54(48-21-7-2-8-22-48)40-55(43-58)49-23-9-3-10-24-49/h2-15,17-29,31-38,40-47H,16,30,39H2,1H3. The van der Waals surface area contributed by atoms with Crippen molar-refractivity contribution in [1.82, 2.24) is 9.55 Å². The number of para-hydroxylation sites is 2. The molecule has 2 aliphatic carbocycles. The Morgan fingerprint density at radius 2 is 0.889 bits per heavy atom. The molecule has 1 aromatic heterocycles. The Hall–Kier alpha value is -8.85. The Kier molecular flexibility index (Phi) is 11.1. The van der Waals surface area contributed by atoms with Gasteiger partial charge in [-0.15, -0.1) is 0 Å². The number of rotatable bonds is 9. The Balaban J connectivity index is 1.06. The van der Waals surface area contributed by atoms with Gasteiger partial charge in [-0.1, -0.05) is 201 Å². The first-order chi connectivity index (χ1) is 35.6. The highest BCUT2D eigenvalue weighted by Crippen LogP contribution is 2.50. The zero-order valence-electron chi connectivity index (χ0n) is 40.3. The summed E-state index contributed by atoms with van der Waals surface area (Å²) in [4.78, 5) is 5.25. The van der Waals surface area contributed by atoms with E-state index in [0.717, 1.165) is 41.7 Å². The van der Waals surface area contributed by atoms with E-state index in [1.165, 1.54) is 105 Å². The first-order valence-electron chi connectivity index (χ1n) is 25.4. The molecule has 0 bridgehead atoms. The van der Waals surface area contributed by atoms with Gasteiger partial charge >= 0.3 is 0 Å². The molecule has 1 atom stereocenters. The minimum Gasteiger partial charge on any atom is -0.296 e. The van der Waals surface area contributed by atoms with Crippen LogP contribution < -0.4 is 0 Å². The summed E-state index contributed by atoms with van der Waals surface area (Å²) in [6.45, 7) is 2.42. The van der Waals surface area contributed by atoms with E-state index in [1.807, 2.05) is 0 Å². The molecule has 0 amide bonds. The lowest BCUT2D eigenvalue weighted by atomic mass is 9.73. The predicted octanol–water partition coefficient (Wildman–Crippen LogP) is 18.8. The van der Waals surface area contributed by atoms with Crippen LogP contribution in [-0.2, 0) is 6.42 Å². The molecule has 2 heteroatoms. The van der Waals surface area contributed by atoms with Crippen molar-refractivity contribution >= 4 is 39.2 Å². The van der Waals surface area contributed by atoms with Gasteiger partial charge in [-0.25, -0.2) is 4.98 Å². The van der Waals surface area contributed by atoms with Gasteiger partial charge in [0, 0.05) is 11.3 Å². The summed E-state index contributed by atoms with van der Waals surface area (Å²) in [6, 6.07) is 84.8. The van der Waals surface area contributed by atoms with E-state index in [2.05, 4.69) is 266 Å². The highest BCUT2D eigenvalue weighted by atomic mass is 15.1. The van der Waals surface area contributed by atoms with E-state index in [-0.39, 0.29) is 5.92 Å². The second-order valence-corrected chi connectivity index (χ2v) is 19.4. The molecule has 0 saturated heterocycles. The van der Waals surface area contributed by atoms with Crippen molar-refractivity contribution in [1.29, 1.82) is 0 Å². The van der Waals surface area contributed by atoms with Crippen LogP contribution in [0.1, 0.15) is 36.5 Å². The number of hydrogen-bond donors (Lipinski definition) is 0. The second-order valence-electron chi connectivity index (χ2n) is 19.4. The van der Waals surface area contributed by atoms with E-state index >= 15 is 0 Å². The van der Waals surface area contributed by atoms with Crippen molar-refractivity contribution in [3.05, 3.63) is 265 Å². The summed E-state index contributed by atoms with van der Waals surface area (Å²) in [5.74, 6) is 1.22. The number of hydrogen-bond acceptors (Lipinski definition) is 1. The average molecular weight is 921 g/mol. The molecule has 1 heterocycles. The molecule has 0 radical (unpaired) electrons. The Bertz CT molecular complexity index is 3800. The lowest BCUT2D eigenvalue weighted by Gasteiger charge is -2.30. The number of imidazole rings is 1. The molecule has 0 saturated carbocycles.